The van der Waals surface area contributed by atoms with Gasteiger partial charge in [0.15, 0.2) is 21.3 Å². The number of epoxide rings is 1. The van der Waals surface area contributed by atoms with E-state index in [2.05, 4.69) is 24.3 Å². The molecule has 5 unspecified atom stereocenters. The molecule has 0 aromatic heterocycles. The fraction of sp³-hybridized carbons (Fsp3) is 0.370. The maximum absolute atomic E-state index is 12.3. The Morgan fingerprint density at radius 3 is 1.70 bits per heavy atom. The highest BCUT2D eigenvalue weighted by Gasteiger charge is 2.28. The number of esters is 1. The van der Waals surface area contributed by atoms with Crippen molar-refractivity contribution in [3.8, 4) is 17.2 Å². The van der Waals surface area contributed by atoms with Crippen molar-refractivity contribution in [2.24, 2.45) is 0 Å². The standard InChI is InChI=1S/C46H53O13S/c1-51-44-20-21-45(43-15-9-8-14-42(43)44)58-26-34(48)25-54-29-37(55-30-38-31-56-38)28-53-23-33(47)22-52-24-35(49)27-59-46(50)32-57-36-16-18-41(19-17-36)60(39-10-4-2-5-11-39)40-12-6-3-7-13-40/h2-21,33-35,37-38,47-49H,22-32H2,1H3/q+1. The zero-order valence-electron chi connectivity index (χ0n) is 33.5. The molecule has 0 aliphatic carbocycles. The molecule has 0 radical (unpaired) electrons. The predicted molar refractivity (Wildman–Crippen MR) is 224 cm³/mol. The maximum Gasteiger partial charge on any atom is 0.344 e. The number of fused-ring (bicyclic) bond motifs is 1. The molecule has 3 N–H and O–H groups in total. The predicted octanol–water partition coefficient (Wildman–Crippen LogP) is 4.86. The van der Waals surface area contributed by atoms with Crippen molar-refractivity contribution in [1.82, 2.24) is 0 Å². The van der Waals surface area contributed by atoms with Crippen LogP contribution < -0.4 is 14.2 Å². The molecule has 0 amide bonds. The summed E-state index contributed by atoms with van der Waals surface area (Å²) in [5.41, 5.74) is 0. The summed E-state index contributed by atoms with van der Waals surface area (Å²) < 4.78 is 50.1. The van der Waals surface area contributed by atoms with Crippen LogP contribution >= 0.6 is 0 Å². The molecule has 1 heterocycles. The second-order valence-corrected chi connectivity index (χ2v) is 16.0. The number of carbonyl (C=O) groups excluding carboxylic acids is 1. The Balaban J connectivity index is 0.831. The third-order valence-electron chi connectivity index (χ3n) is 9.07. The highest BCUT2D eigenvalue weighted by molar-refractivity contribution is 7.97. The van der Waals surface area contributed by atoms with Crippen molar-refractivity contribution in [1.29, 1.82) is 0 Å². The van der Waals surface area contributed by atoms with E-state index in [1.165, 1.54) is 9.79 Å². The van der Waals surface area contributed by atoms with Crippen molar-refractivity contribution < 1.29 is 62.7 Å². The summed E-state index contributed by atoms with van der Waals surface area (Å²) in [5, 5.41) is 33.0. The van der Waals surface area contributed by atoms with E-state index in [0.717, 1.165) is 21.4 Å². The number of benzene rings is 5. The Kier molecular flexibility index (Phi) is 17.8. The van der Waals surface area contributed by atoms with Crippen molar-refractivity contribution in [3.63, 3.8) is 0 Å². The van der Waals surface area contributed by atoms with Crippen molar-refractivity contribution in [2.45, 2.75) is 45.2 Å². The van der Waals surface area contributed by atoms with E-state index in [0.29, 0.717) is 24.7 Å². The Morgan fingerprint density at radius 1 is 0.617 bits per heavy atom. The SMILES string of the molecule is COc1ccc(OCC(O)COCC(COCC(O)COCC(O)COC(=O)COc2ccc([S+](c3ccccc3)c3ccccc3)cc2)OCC2CO2)c2ccccc12. The van der Waals surface area contributed by atoms with E-state index in [9.17, 15) is 20.1 Å². The molecule has 5 atom stereocenters. The van der Waals surface area contributed by atoms with E-state index in [1.54, 1.807) is 7.11 Å². The largest absolute Gasteiger partial charge is 0.496 e. The third-order valence-corrected chi connectivity index (χ3v) is 11.3. The minimum Gasteiger partial charge on any atom is -0.496 e. The Hall–Kier alpha value is -4.74. The van der Waals surface area contributed by atoms with Crippen LogP contribution in [0.5, 0.6) is 17.2 Å². The molecule has 13 nitrogen and oxygen atoms in total. The number of hydrogen-bond acceptors (Lipinski definition) is 13. The first-order chi connectivity index (χ1) is 29.4. The number of ether oxygens (including phenoxy) is 9. The summed E-state index contributed by atoms with van der Waals surface area (Å²) in [4.78, 5) is 15.8. The molecular formula is C46H53O13S+. The Morgan fingerprint density at radius 2 is 1.12 bits per heavy atom. The van der Waals surface area contributed by atoms with E-state index >= 15 is 0 Å². The summed E-state index contributed by atoms with van der Waals surface area (Å²) in [7, 11) is 1.31. The molecule has 0 bridgehead atoms. The van der Waals surface area contributed by atoms with Gasteiger partial charge in [0.25, 0.3) is 0 Å². The topological polar surface area (TPSA) is 164 Å². The van der Waals surface area contributed by atoms with Gasteiger partial charge in [-0.25, -0.2) is 4.79 Å². The number of aliphatic hydroxyl groups is 3. The first-order valence-corrected chi connectivity index (χ1v) is 21.0. The van der Waals surface area contributed by atoms with Crippen molar-refractivity contribution in [2.75, 3.05) is 79.8 Å². The average Bonchev–Trinajstić information content (AvgIpc) is 4.12. The van der Waals surface area contributed by atoms with Gasteiger partial charge in [-0.3, -0.25) is 0 Å². The number of aliphatic hydroxyl groups excluding tert-OH is 3. The highest BCUT2D eigenvalue weighted by Crippen LogP contribution is 2.34. The Bertz CT molecular complexity index is 1960. The fourth-order valence-corrected chi connectivity index (χ4v) is 8.09. The smallest absolute Gasteiger partial charge is 0.344 e. The van der Waals surface area contributed by atoms with E-state index < -0.39 is 30.4 Å². The van der Waals surface area contributed by atoms with Crippen LogP contribution in [-0.4, -0.2) is 132 Å². The molecule has 5 aromatic rings. The van der Waals surface area contributed by atoms with Gasteiger partial charge in [-0.05, 0) is 60.7 Å². The second-order valence-electron chi connectivity index (χ2n) is 14.0. The molecule has 0 spiro atoms. The van der Waals surface area contributed by atoms with Gasteiger partial charge in [-0.15, -0.1) is 0 Å². The number of hydrogen-bond donors (Lipinski definition) is 3. The molecular weight excluding hydrogens is 793 g/mol. The third kappa shape index (κ3) is 14.5. The summed E-state index contributed by atoms with van der Waals surface area (Å²) in [5.74, 6) is 1.24. The summed E-state index contributed by atoms with van der Waals surface area (Å²) in [6, 6.07) is 39.6. The maximum atomic E-state index is 12.3. The molecule has 1 aliphatic heterocycles. The van der Waals surface area contributed by atoms with Gasteiger partial charge in [0.1, 0.15) is 61.0 Å². The molecule has 5 aromatic carbocycles. The lowest BCUT2D eigenvalue weighted by atomic mass is 10.1. The molecule has 1 aliphatic rings. The summed E-state index contributed by atoms with van der Waals surface area (Å²) in [6.45, 7) is 0.298. The number of methoxy groups -OCH3 is 1. The zero-order chi connectivity index (χ0) is 41.9. The molecule has 6 rings (SSSR count). The Labute approximate surface area is 353 Å². The van der Waals surface area contributed by atoms with E-state index in [-0.39, 0.29) is 76.5 Å². The van der Waals surface area contributed by atoms with Gasteiger partial charge in [0.2, 0.25) is 0 Å². The average molecular weight is 846 g/mol. The van der Waals surface area contributed by atoms with Gasteiger partial charge in [-0.2, -0.15) is 0 Å². The highest BCUT2D eigenvalue weighted by atomic mass is 32.2. The normalized spacial score (nSPS) is 15.6. The van der Waals surface area contributed by atoms with Gasteiger partial charge < -0.3 is 58.0 Å². The van der Waals surface area contributed by atoms with Gasteiger partial charge in [-0.1, -0.05) is 60.7 Å². The molecule has 1 fully saturated rings. The van der Waals surface area contributed by atoms with Crippen LogP contribution in [0.15, 0.2) is 136 Å². The monoisotopic (exact) mass is 845 g/mol. The second kappa shape index (κ2) is 23.9. The van der Waals surface area contributed by atoms with Crippen LogP contribution in [0.3, 0.4) is 0 Å². The quantitative estimate of drug-likeness (QED) is 0.0374. The van der Waals surface area contributed by atoms with Crippen molar-refractivity contribution in [3.05, 3.63) is 121 Å². The van der Waals surface area contributed by atoms with Crippen LogP contribution in [-0.2, 0) is 44.1 Å². The van der Waals surface area contributed by atoms with Crippen LogP contribution in [0.2, 0.25) is 0 Å². The van der Waals surface area contributed by atoms with E-state index in [4.69, 9.17) is 42.6 Å². The van der Waals surface area contributed by atoms with Crippen LogP contribution in [0.4, 0.5) is 0 Å². The molecule has 320 valence electrons. The number of carbonyl (C=O) groups is 1. The lowest BCUT2D eigenvalue weighted by Gasteiger charge is -2.20. The van der Waals surface area contributed by atoms with Crippen LogP contribution in [0, 0.1) is 0 Å². The summed E-state index contributed by atoms with van der Waals surface area (Å²) >= 11 is 0. The lowest BCUT2D eigenvalue weighted by molar-refractivity contribution is -0.150. The minimum atomic E-state index is -1.11. The van der Waals surface area contributed by atoms with Gasteiger partial charge >= 0.3 is 5.97 Å². The fourth-order valence-electron chi connectivity index (χ4n) is 6.01. The first-order valence-electron chi connectivity index (χ1n) is 19.8. The molecule has 60 heavy (non-hydrogen) atoms. The molecule has 0 saturated carbocycles. The molecule has 1 saturated heterocycles. The first kappa shape index (κ1) is 44.8. The van der Waals surface area contributed by atoms with Crippen LogP contribution in [0.25, 0.3) is 10.8 Å². The van der Waals surface area contributed by atoms with Gasteiger partial charge in [0, 0.05) is 10.8 Å². The molecule has 14 heteroatoms. The summed E-state index contributed by atoms with van der Waals surface area (Å²) in [6.07, 6.45) is -3.44. The van der Waals surface area contributed by atoms with Gasteiger partial charge in [0.05, 0.1) is 70.9 Å². The number of rotatable bonds is 27. The van der Waals surface area contributed by atoms with E-state index in [1.807, 2.05) is 97.1 Å². The van der Waals surface area contributed by atoms with Crippen LogP contribution in [0.1, 0.15) is 0 Å². The zero-order valence-corrected chi connectivity index (χ0v) is 34.4. The minimum absolute atomic E-state index is 0.00845. The van der Waals surface area contributed by atoms with Crippen molar-refractivity contribution >= 4 is 27.6 Å². The lowest BCUT2D eigenvalue weighted by Crippen LogP contribution is -2.33.